The Bertz CT molecular complexity index is 375. The summed E-state index contributed by atoms with van der Waals surface area (Å²) in [5, 5.41) is 0. The number of nitrogens with zero attached hydrogens (tertiary/aromatic N) is 1. The Kier molecular flexibility index (Phi) is 2.50. The quantitative estimate of drug-likeness (QED) is 0.781. The highest BCUT2D eigenvalue weighted by atomic mass is 19.3. The number of likely N-dealkylation sites (tertiary alicyclic amines) is 1. The molecule has 3 rings (SSSR count). The van der Waals surface area contributed by atoms with Crippen LogP contribution in [0.15, 0.2) is 0 Å². The number of carbonyl (C=O) groups excluding carboxylic acids is 1. The van der Waals surface area contributed by atoms with Crippen LogP contribution in [0.2, 0.25) is 0 Å². The molecule has 2 saturated carbocycles. The third-order valence-electron chi connectivity index (χ3n) is 5.03. The van der Waals surface area contributed by atoms with Gasteiger partial charge in [-0.3, -0.25) is 4.79 Å². The summed E-state index contributed by atoms with van der Waals surface area (Å²) in [4.78, 5) is 13.9. The number of nitrogens with two attached hydrogens (primary N) is 1. The Morgan fingerprint density at radius 3 is 2.28 bits per heavy atom. The van der Waals surface area contributed by atoms with Gasteiger partial charge in [0.05, 0.1) is 12.0 Å². The number of fused-ring (bicyclic) bond motifs is 2. The lowest BCUT2D eigenvalue weighted by atomic mass is 9.82. The van der Waals surface area contributed by atoms with Crippen LogP contribution in [0.5, 0.6) is 0 Å². The largest absolute Gasteiger partial charge is 0.336 e. The molecular formula is C13H20F2N2O. The summed E-state index contributed by atoms with van der Waals surface area (Å²) in [6.45, 7) is 0.0822. The number of halogens is 2. The first-order chi connectivity index (χ1) is 8.34. The van der Waals surface area contributed by atoms with Crippen LogP contribution in [0.3, 0.4) is 0 Å². The zero-order chi connectivity index (χ0) is 13.0. The van der Waals surface area contributed by atoms with Gasteiger partial charge in [-0.15, -0.1) is 0 Å². The molecule has 0 aromatic heterocycles. The highest BCUT2D eigenvalue weighted by molar-refractivity contribution is 5.84. The maximum atomic E-state index is 13.4. The summed E-state index contributed by atoms with van der Waals surface area (Å²) in [7, 11) is 0. The molecule has 2 aliphatic carbocycles. The lowest BCUT2D eigenvalue weighted by Gasteiger charge is -2.38. The molecule has 1 amide bonds. The molecule has 0 spiro atoms. The van der Waals surface area contributed by atoms with Crippen LogP contribution in [-0.4, -0.2) is 35.4 Å². The van der Waals surface area contributed by atoms with Gasteiger partial charge in [-0.2, -0.15) is 0 Å². The number of alkyl halides is 2. The molecule has 102 valence electrons. The topological polar surface area (TPSA) is 46.3 Å². The van der Waals surface area contributed by atoms with E-state index in [0.717, 1.165) is 25.7 Å². The number of amides is 1. The molecule has 1 aliphatic heterocycles. The van der Waals surface area contributed by atoms with Crippen molar-refractivity contribution in [1.29, 1.82) is 0 Å². The lowest BCUT2D eigenvalue weighted by Crippen LogP contribution is -2.50. The van der Waals surface area contributed by atoms with Crippen molar-refractivity contribution in [1.82, 2.24) is 4.90 Å². The third-order valence-corrected chi connectivity index (χ3v) is 5.03. The van der Waals surface area contributed by atoms with Crippen LogP contribution in [0.25, 0.3) is 0 Å². The average molecular weight is 258 g/mol. The lowest BCUT2D eigenvalue weighted by molar-refractivity contribution is -0.151. The molecule has 0 unspecified atom stereocenters. The number of hydrogen-bond donors (Lipinski definition) is 1. The maximum absolute atomic E-state index is 13.4. The van der Waals surface area contributed by atoms with Gasteiger partial charge in [0, 0.05) is 18.5 Å². The number of piperidine rings is 1. The molecule has 0 aromatic rings. The summed E-state index contributed by atoms with van der Waals surface area (Å²) in [5.41, 5.74) is 5.57. The predicted molar refractivity (Wildman–Crippen MR) is 63.2 cm³/mol. The average Bonchev–Trinajstić information content (AvgIpc) is 2.81. The van der Waals surface area contributed by atoms with Gasteiger partial charge < -0.3 is 10.6 Å². The Balaban J connectivity index is 1.75. The Morgan fingerprint density at radius 2 is 1.78 bits per heavy atom. The molecule has 3 nitrogen and oxygen atoms in total. The van der Waals surface area contributed by atoms with Crippen molar-refractivity contribution in [3.63, 3.8) is 0 Å². The van der Waals surface area contributed by atoms with Crippen molar-refractivity contribution in [3.8, 4) is 0 Å². The van der Waals surface area contributed by atoms with Crippen LogP contribution in [0, 0.1) is 5.41 Å². The fraction of sp³-hybridized carbons (Fsp3) is 0.923. The summed E-state index contributed by atoms with van der Waals surface area (Å²) >= 11 is 0. The molecule has 18 heavy (non-hydrogen) atoms. The summed E-state index contributed by atoms with van der Waals surface area (Å²) in [6, 6.07) is 0. The van der Waals surface area contributed by atoms with Gasteiger partial charge in [0.2, 0.25) is 5.91 Å². The van der Waals surface area contributed by atoms with Crippen molar-refractivity contribution < 1.29 is 13.6 Å². The molecule has 1 saturated heterocycles. The minimum absolute atomic E-state index is 0.0632. The molecule has 3 fully saturated rings. The van der Waals surface area contributed by atoms with E-state index in [1.54, 1.807) is 0 Å². The first kappa shape index (κ1) is 12.3. The SMILES string of the molecule is NC12CCC(C(=O)N3CCCC(F)(F)C3)(CC1)C2. The van der Waals surface area contributed by atoms with Gasteiger partial charge in [-0.25, -0.2) is 8.78 Å². The highest BCUT2D eigenvalue weighted by Gasteiger charge is 2.58. The van der Waals surface area contributed by atoms with Crippen molar-refractivity contribution in [2.24, 2.45) is 11.1 Å². The molecule has 0 aromatic carbocycles. The molecule has 2 bridgehead atoms. The number of hydrogen-bond acceptors (Lipinski definition) is 2. The van der Waals surface area contributed by atoms with Crippen LogP contribution in [-0.2, 0) is 4.79 Å². The number of carbonyl (C=O) groups is 1. The molecule has 2 N–H and O–H groups in total. The van der Waals surface area contributed by atoms with Gasteiger partial charge in [0.1, 0.15) is 0 Å². The van der Waals surface area contributed by atoms with E-state index in [9.17, 15) is 13.6 Å². The highest BCUT2D eigenvalue weighted by Crippen LogP contribution is 2.56. The van der Waals surface area contributed by atoms with Gasteiger partial charge in [-0.05, 0) is 38.5 Å². The Morgan fingerprint density at radius 1 is 1.11 bits per heavy atom. The third kappa shape index (κ3) is 1.83. The first-order valence-electron chi connectivity index (χ1n) is 6.81. The smallest absolute Gasteiger partial charge is 0.265 e. The minimum Gasteiger partial charge on any atom is -0.336 e. The summed E-state index contributed by atoms with van der Waals surface area (Å²) in [6.07, 6.45) is 4.30. The Hall–Kier alpha value is -0.710. The van der Waals surface area contributed by atoms with E-state index in [0.29, 0.717) is 19.4 Å². The molecule has 0 atom stereocenters. The van der Waals surface area contributed by atoms with Crippen molar-refractivity contribution >= 4 is 5.91 Å². The van der Waals surface area contributed by atoms with E-state index in [2.05, 4.69) is 0 Å². The second-order valence-corrected chi connectivity index (χ2v) is 6.51. The van der Waals surface area contributed by atoms with E-state index in [-0.39, 0.29) is 17.9 Å². The van der Waals surface area contributed by atoms with Gasteiger partial charge in [-0.1, -0.05) is 0 Å². The van der Waals surface area contributed by atoms with Crippen molar-refractivity contribution in [2.75, 3.05) is 13.1 Å². The van der Waals surface area contributed by atoms with E-state index >= 15 is 0 Å². The van der Waals surface area contributed by atoms with E-state index in [4.69, 9.17) is 5.73 Å². The van der Waals surface area contributed by atoms with Gasteiger partial charge in [0.25, 0.3) is 5.92 Å². The van der Waals surface area contributed by atoms with Crippen molar-refractivity contribution in [3.05, 3.63) is 0 Å². The second-order valence-electron chi connectivity index (χ2n) is 6.51. The molecular weight excluding hydrogens is 238 g/mol. The fourth-order valence-electron chi connectivity index (χ4n) is 4.02. The molecule has 5 heteroatoms. The van der Waals surface area contributed by atoms with Gasteiger partial charge in [0.15, 0.2) is 0 Å². The van der Waals surface area contributed by atoms with Gasteiger partial charge >= 0.3 is 0 Å². The molecule has 1 heterocycles. The first-order valence-corrected chi connectivity index (χ1v) is 6.81. The monoisotopic (exact) mass is 258 g/mol. The second kappa shape index (κ2) is 3.65. The fourth-order valence-corrected chi connectivity index (χ4v) is 4.02. The van der Waals surface area contributed by atoms with E-state index in [1.165, 1.54) is 4.90 Å². The van der Waals surface area contributed by atoms with Crippen molar-refractivity contribution in [2.45, 2.75) is 56.4 Å². The summed E-state index contributed by atoms with van der Waals surface area (Å²) < 4.78 is 26.8. The van der Waals surface area contributed by atoms with Crippen LogP contribution in [0.4, 0.5) is 8.78 Å². The zero-order valence-electron chi connectivity index (χ0n) is 10.6. The summed E-state index contributed by atoms with van der Waals surface area (Å²) in [5.74, 6) is -2.77. The normalized spacial score (nSPS) is 42.3. The maximum Gasteiger partial charge on any atom is 0.265 e. The van der Waals surface area contributed by atoms with Crippen LogP contribution >= 0.6 is 0 Å². The van der Waals surface area contributed by atoms with E-state index < -0.39 is 17.9 Å². The number of rotatable bonds is 1. The minimum atomic E-state index is -2.71. The Labute approximate surface area is 106 Å². The molecule has 0 radical (unpaired) electrons. The molecule has 3 aliphatic rings. The van der Waals surface area contributed by atoms with E-state index in [1.807, 2.05) is 0 Å². The predicted octanol–water partition coefficient (Wildman–Crippen LogP) is 1.91. The zero-order valence-corrected chi connectivity index (χ0v) is 10.6. The standard InChI is InChI=1S/C13H20F2N2O/c14-13(15)2-1-7-17(9-13)10(18)11-3-5-12(16,8-11)6-4-11/h1-9,16H2. The van der Waals surface area contributed by atoms with Crippen LogP contribution in [0.1, 0.15) is 44.9 Å². The van der Waals surface area contributed by atoms with Crippen LogP contribution < -0.4 is 5.73 Å².